The van der Waals surface area contributed by atoms with Gasteiger partial charge in [0.05, 0.1) is 17.4 Å². The molecule has 2 saturated carbocycles. The molecule has 4 fully saturated rings. The van der Waals surface area contributed by atoms with Crippen molar-refractivity contribution >= 4 is 16.7 Å². The van der Waals surface area contributed by atoms with E-state index in [1.165, 1.54) is 62.6 Å². The molecule has 0 unspecified atom stereocenters. The maximum absolute atomic E-state index is 5.17. The van der Waals surface area contributed by atoms with Gasteiger partial charge in [0.1, 0.15) is 5.82 Å². The van der Waals surface area contributed by atoms with E-state index in [2.05, 4.69) is 36.9 Å². The summed E-state index contributed by atoms with van der Waals surface area (Å²) in [7, 11) is 0. The number of nitrogens with zero attached hydrogens (tertiary/aromatic N) is 5. The molecule has 0 amide bonds. The van der Waals surface area contributed by atoms with E-state index < -0.39 is 0 Å². The van der Waals surface area contributed by atoms with Crippen molar-refractivity contribution in [1.82, 2.24) is 35.5 Å². The van der Waals surface area contributed by atoms with Gasteiger partial charge in [-0.15, -0.1) is 0 Å². The Bertz CT molecular complexity index is 1240. The topological polar surface area (TPSA) is 90.9 Å². The van der Waals surface area contributed by atoms with Crippen molar-refractivity contribution in [2.45, 2.75) is 82.0 Å². The van der Waals surface area contributed by atoms with Crippen molar-refractivity contribution in [3.63, 3.8) is 0 Å². The molecule has 2 saturated heterocycles. The standard InChI is InChI=1S/C29H38N8/c1-2-19(1)24-16-31-17-25-28(24)26(18-33-21-6-10-30-11-7-21)36-29(35-25)20-5-12-32-27(15-20)34-22-8-13-37(14-9-22)23-3-4-23/h5,12,15-17,19,21-23,30,33H,1-4,6-11,13-14,18H2,(H,32,34). The number of aromatic nitrogens is 4. The zero-order valence-electron chi connectivity index (χ0n) is 21.6. The zero-order valence-corrected chi connectivity index (χ0v) is 21.6. The molecule has 3 aromatic heterocycles. The Morgan fingerprint density at radius 3 is 2.54 bits per heavy atom. The molecule has 0 aromatic carbocycles. The van der Waals surface area contributed by atoms with E-state index >= 15 is 0 Å². The molecule has 8 heteroatoms. The highest BCUT2D eigenvalue weighted by Crippen LogP contribution is 2.43. The number of pyridine rings is 2. The van der Waals surface area contributed by atoms with Crippen LogP contribution in [0, 0.1) is 0 Å². The number of anilines is 1. The summed E-state index contributed by atoms with van der Waals surface area (Å²) in [6.45, 7) is 5.31. The first kappa shape index (κ1) is 23.4. The van der Waals surface area contributed by atoms with E-state index in [1.807, 2.05) is 24.7 Å². The maximum Gasteiger partial charge on any atom is 0.160 e. The van der Waals surface area contributed by atoms with Crippen LogP contribution in [0.4, 0.5) is 5.82 Å². The zero-order chi connectivity index (χ0) is 24.6. The molecule has 0 radical (unpaired) electrons. The van der Waals surface area contributed by atoms with Gasteiger partial charge in [0.25, 0.3) is 0 Å². The fourth-order valence-corrected chi connectivity index (χ4v) is 6.12. The molecular formula is C29H38N8. The first-order chi connectivity index (χ1) is 18.3. The van der Waals surface area contributed by atoms with Gasteiger partial charge in [0.2, 0.25) is 0 Å². The van der Waals surface area contributed by atoms with E-state index in [0.29, 0.717) is 18.0 Å². The molecule has 0 spiro atoms. The molecular weight excluding hydrogens is 460 g/mol. The number of piperidine rings is 2. The third-order valence-corrected chi connectivity index (χ3v) is 8.59. The van der Waals surface area contributed by atoms with Crippen LogP contribution in [0.2, 0.25) is 0 Å². The summed E-state index contributed by atoms with van der Waals surface area (Å²) in [5.74, 6) is 2.29. The Hall–Kier alpha value is -2.68. The van der Waals surface area contributed by atoms with Crippen molar-refractivity contribution in [2.75, 3.05) is 31.5 Å². The lowest BCUT2D eigenvalue weighted by Crippen LogP contribution is -2.40. The van der Waals surface area contributed by atoms with Crippen LogP contribution in [0.15, 0.2) is 30.7 Å². The number of nitrogens with one attached hydrogen (secondary N) is 3. The predicted octanol–water partition coefficient (Wildman–Crippen LogP) is 3.84. The van der Waals surface area contributed by atoms with E-state index in [0.717, 1.165) is 66.9 Å². The predicted molar refractivity (Wildman–Crippen MR) is 147 cm³/mol. The third-order valence-electron chi connectivity index (χ3n) is 8.59. The molecule has 5 heterocycles. The van der Waals surface area contributed by atoms with E-state index in [9.17, 15) is 0 Å². The number of fused-ring (bicyclic) bond motifs is 1. The van der Waals surface area contributed by atoms with Gasteiger partial charge in [-0.05, 0) is 88.1 Å². The Balaban J connectivity index is 1.15. The summed E-state index contributed by atoms with van der Waals surface area (Å²) in [5, 5.41) is 12.2. The van der Waals surface area contributed by atoms with Gasteiger partial charge in [0, 0.05) is 61.1 Å². The molecule has 8 nitrogen and oxygen atoms in total. The summed E-state index contributed by atoms with van der Waals surface area (Å²) >= 11 is 0. The lowest BCUT2D eigenvalue weighted by Gasteiger charge is -2.32. The Morgan fingerprint density at radius 1 is 0.919 bits per heavy atom. The number of likely N-dealkylation sites (tertiary alicyclic amines) is 1. The van der Waals surface area contributed by atoms with Crippen LogP contribution in [0.3, 0.4) is 0 Å². The molecule has 3 N–H and O–H groups in total. The van der Waals surface area contributed by atoms with Crippen molar-refractivity contribution < 1.29 is 0 Å². The number of rotatable bonds is 8. The summed E-state index contributed by atoms with van der Waals surface area (Å²) < 4.78 is 0. The molecule has 2 aliphatic carbocycles. The van der Waals surface area contributed by atoms with Gasteiger partial charge in [0.15, 0.2) is 5.82 Å². The van der Waals surface area contributed by atoms with E-state index in [-0.39, 0.29) is 0 Å². The molecule has 4 aliphatic rings. The normalized spacial score (nSPS) is 21.9. The van der Waals surface area contributed by atoms with Crippen LogP contribution < -0.4 is 16.0 Å². The second kappa shape index (κ2) is 10.2. The van der Waals surface area contributed by atoms with Crippen molar-refractivity contribution in [2.24, 2.45) is 0 Å². The largest absolute Gasteiger partial charge is 0.367 e. The van der Waals surface area contributed by atoms with Gasteiger partial charge in [-0.25, -0.2) is 15.0 Å². The number of hydrogen-bond acceptors (Lipinski definition) is 8. The Kier molecular flexibility index (Phi) is 6.48. The van der Waals surface area contributed by atoms with E-state index in [4.69, 9.17) is 9.97 Å². The second-order valence-corrected chi connectivity index (χ2v) is 11.4. The molecule has 7 rings (SSSR count). The molecule has 0 atom stereocenters. The van der Waals surface area contributed by atoms with Crippen molar-refractivity contribution in [3.05, 3.63) is 42.0 Å². The Labute approximate surface area is 219 Å². The average molecular weight is 499 g/mol. The second-order valence-electron chi connectivity index (χ2n) is 11.4. The molecule has 194 valence electrons. The van der Waals surface area contributed by atoms with Gasteiger partial charge in [-0.3, -0.25) is 4.98 Å². The van der Waals surface area contributed by atoms with Crippen LogP contribution in [-0.2, 0) is 6.54 Å². The molecule has 37 heavy (non-hydrogen) atoms. The fourth-order valence-electron chi connectivity index (χ4n) is 6.12. The molecule has 0 bridgehead atoms. The summed E-state index contributed by atoms with van der Waals surface area (Å²) in [6.07, 6.45) is 15.8. The van der Waals surface area contributed by atoms with Crippen LogP contribution >= 0.6 is 0 Å². The first-order valence-electron chi connectivity index (χ1n) is 14.4. The van der Waals surface area contributed by atoms with Gasteiger partial charge < -0.3 is 20.9 Å². The SMILES string of the molecule is c1cc(-c2nc(CNC3CCNCC3)c3c(C4CC4)cncc3n2)cc(NC2CCN(C3CC3)CC2)n1. The van der Waals surface area contributed by atoms with Crippen LogP contribution in [-0.4, -0.2) is 69.1 Å². The highest BCUT2D eigenvalue weighted by Gasteiger charge is 2.32. The lowest BCUT2D eigenvalue weighted by molar-refractivity contribution is 0.210. The minimum absolute atomic E-state index is 0.477. The first-order valence-corrected chi connectivity index (χ1v) is 14.4. The van der Waals surface area contributed by atoms with Gasteiger partial charge >= 0.3 is 0 Å². The summed E-state index contributed by atoms with van der Waals surface area (Å²) in [5.41, 5.74) is 4.38. The molecule has 2 aliphatic heterocycles. The Morgan fingerprint density at radius 2 is 1.76 bits per heavy atom. The van der Waals surface area contributed by atoms with Crippen LogP contribution in [0.1, 0.15) is 68.5 Å². The quantitative estimate of drug-likeness (QED) is 0.432. The highest BCUT2D eigenvalue weighted by atomic mass is 15.2. The minimum Gasteiger partial charge on any atom is -0.367 e. The summed E-state index contributed by atoms with van der Waals surface area (Å²) in [6, 6.07) is 6.02. The van der Waals surface area contributed by atoms with Crippen molar-refractivity contribution in [1.29, 1.82) is 0 Å². The minimum atomic E-state index is 0.477. The average Bonchev–Trinajstić information content (AvgIpc) is 3.86. The van der Waals surface area contributed by atoms with Gasteiger partial charge in [-0.1, -0.05) is 0 Å². The van der Waals surface area contributed by atoms with Crippen LogP contribution in [0.5, 0.6) is 0 Å². The third kappa shape index (κ3) is 5.33. The highest BCUT2D eigenvalue weighted by molar-refractivity contribution is 5.86. The summed E-state index contributed by atoms with van der Waals surface area (Å²) in [4.78, 5) is 22.1. The monoisotopic (exact) mass is 498 g/mol. The van der Waals surface area contributed by atoms with Crippen LogP contribution in [0.25, 0.3) is 22.3 Å². The fraction of sp³-hybridized carbons (Fsp3) is 0.586. The van der Waals surface area contributed by atoms with Crippen molar-refractivity contribution in [3.8, 4) is 11.4 Å². The molecule has 3 aromatic rings. The lowest BCUT2D eigenvalue weighted by atomic mass is 10.0. The smallest absolute Gasteiger partial charge is 0.160 e. The van der Waals surface area contributed by atoms with E-state index in [1.54, 1.807) is 0 Å². The van der Waals surface area contributed by atoms with Gasteiger partial charge in [-0.2, -0.15) is 0 Å². The maximum atomic E-state index is 5.17. The number of hydrogen-bond donors (Lipinski definition) is 3.